The Hall–Kier alpha value is -1.62. The maximum absolute atomic E-state index is 13.3. The van der Waals surface area contributed by atoms with Gasteiger partial charge in [-0.1, -0.05) is 0 Å². The lowest BCUT2D eigenvalue weighted by atomic mass is 10.1. The lowest BCUT2D eigenvalue weighted by Gasteiger charge is -2.22. The van der Waals surface area contributed by atoms with E-state index in [9.17, 15) is 9.18 Å². The summed E-state index contributed by atoms with van der Waals surface area (Å²) in [5.74, 6) is -0.436. The van der Waals surface area contributed by atoms with Crippen LogP contribution in [0.25, 0.3) is 0 Å². The molecule has 0 spiro atoms. The Labute approximate surface area is 112 Å². The van der Waals surface area contributed by atoms with Crippen molar-refractivity contribution in [3.8, 4) is 5.75 Å². The number of nitrogens with two attached hydrogens (primary N) is 1. The number of methoxy groups -OCH3 is 1. The van der Waals surface area contributed by atoms with Crippen molar-refractivity contribution in [3.05, 3.63) is 29.6 Å². The molecule has 0 radical (unpaired) electrons. The fourth-order valence-corrected chi connectivity index (χ4v) is 2.06. The smallest absolute Gasteiger partial charge is 0.254 e. The Morgan fingerprint density at radius 3 is 2.84 bits per heavy atom. The molecule has 2 rings (SSSR count). The molecule has 104 valence electrons. The number of halogens is 1. The first-order chi connectivity index (χ1) is 9.17. The minimum Gasteiger partial charge on any atom is -0.494 e. The van der Waals surface area contributed by atoms with Gasteiger partial charge in [-0.3, -0.25) is 4.79 Å². The van der Waals surface area contributed by atoms with E-state index in [0.29, 0.717) is 24.7 Å². The fraction of sp³-hybridized carbons (Fsp3) is 0.500. The number of carbonyl (C=O) groups excluding carboxylic acids is 1. The van der Waals surface area contributed by atoms with Crippen LogP contribution in [0.5, 0.6) is 5.75 Å². The van der Waals surface area contributed by atoms with Gasteiger partial charge in [-0.2, -0.15) is 0 Å². The molecule has 4 nitrogen and oxygen atoms in total. The molecule has 1 aromatic carbocycles. The van der Waals surface area contributed by atoms with Gasteiger partial charge in [-0.15, -0.1) is 0 Å². The molecular formula is C14H19FN2O2. The van der Waals surface area contributed by atoms with E-state index in [2.05, 4.69) is 0 Å². The van der Waals surface area contributed by atoms with Crippen molar-refractivity contribution < 1.29 is 13.9 Å². The van der Waals surface area contributed by atoms with Crippen LogP contribution in [-0.2, 0) is 0 Å². The molecule has 1 aromatic rings. The van der Waals surface area contributed by atoms with Crippen molar-refractivity contribution in [1.82, 2.24) is 4.90 Å². The Morgan fingerprint density at radius 2 is 2.26 bits per heavy atom. The van der Waals surface area contributed by atoms with Crippen LogP contribution in [0.1, 0.15) is 29.6 Å². The van der Waals surface area contributed by atoms with E-state index in [1.807, 2.05) is 4.90 Å². The molecule has 0 aromatic heterocycles. The zero-order chi connectivity index (χ0) is 13.8. The highest BCUT2D eigenvalue weighted by molar-refractivity contribution is 5.95. The third-order valence-corrected chi connectivity index (χ3v) is 3.25. The van der Waals surface area contributed by atoms with Crippen molar-refractivity contribution in [1.29, 1.82) is 0 Å². The molecule has 0 unspecified atom stereocenters. The van der Waals surface area contributed by atoms with Crippen LogP contribution < -0.4 is 10.5 Å². The maximum Gasteiger partial charge on any atom is 0.254 e. The summed E-state index contributed by atoms with van der Waals surface area (Å²) in [6, 6.07) is 4.53. The highest BCUT2D eigenvalue weighted by atomic mass is 19.1. The Morgan fingerprint density at radius 1 is 1.53 bits per heavy atom. The van der Waals surface area contributed by atoms with E-state index in [-0.39, 0.29) is 11.7 Å². The minimum atomic E-state index is -0.459. The summed E-state index contributed by atoms with van der Waals surface area (Å²) in [6.07, 6.45) is 2.85. The molecule has 2 N–H and O–H groups in total. The summed E-state index contributed by atoms with van der Waals surface area (Å²) in [7, 11) is 1.39. The largest absolute Gasteiger partial charge is 0.494 e. The predicted molar refractivity (Wildman–Crippen MR) is 70.7 cm³/mol. The molecule has 1 amide bonds. The summed E-state index contributed by atoms with van der Waals surface area (Å²) < 4.78 is 18.2. The van der Waals surface area contributed by atoms with E-state index in [1.165, 1.54) is 25.3 Å². The van der Waals surface area contributed by atoms with E-state index in [0.717, 1.165) is 19.3 Å². The van der Waals surface area contributed by atoms with Gasteiger partial charge in [-0.25, -0.2) is 4.39 Å². The fourth-order valence-electron chi connectivity index (χ4n) is 2.06. The van der Waals surface area contributed by atoms with E-state index < -0.39 is 5.82 Å². The van der Waals surface area contributed by atoms with E-state index in [4.69, 9.17) is 10.5 Å². The molecule has 0 heterocycles. The number of amides is 1. The van der Waals surface area contributed by atoms with Crippen LogP contribution in [0.4, 0.5) is 4.39 Å². The zero-order valence-electron chi connectivity index (χ0n) is 11.1. The second-order valence-electron chi connectivity index (χ2n) is 4.72. The molecule has 1 fully saturated rings. The lowest BCUT2D eigenvalue weighted by Crippen LogP contribution is -2.34. The average molecular weight is 266 g/mol. The van der Waals surface area contributed by atoms with Gasteiger partial charge < -0.3 is 15.4 Å². The van der Waals surface area contributed by atoms with Crippen molar-refractivity contribution in [3.63, 3.8) is 0 Å². The predicted octanol–water partition coefficient (Wildman–Crippen LogP) is 1.79. The quantitative estimate of drug-likeness (QED) is 0.854. The highest BCUT2D eigenvalue weighted by Crippen LogP contribution is 2.29. The average Bonchev–Trinajstić information content (AvgIpc) is 3.24. The first kappa shape index (κ1) is 13.8. The Bertz CT molecular complexity index is 461. The normalized spacial score (nSPS) is 14.3. The lowest BCUT2D eigenvalue weighted by molar-refractivity contribution is 0.0741. The van der Waals surface area contributed by atoms with Gasteiger partial charge in [0.2, 0.25) is 0 Å². The van der Waals surface area contributed by atoms with Crippen LogP contribution >= 0.6 is 0 Å². The SMILES string of the molecule is COc1cc(C(=O)N(CCCN)C2CC2)ccc1F. The van der Waals surface area contributed by atoms with Crippen molar-refractivity contribution in [2.24, 2.45) is 5.73 Å². The molecular weight excluding hydrogens is 247 g/mol. The standard InChI is InChI=1S/C14H19FN2O2/c1-19-13-9-10(3-6-12(13)15)14(18)17(8-2-7-16)11-4-5-11/h3,6,9,11H,2,4-5,7-8,16H2,1H3. The van der Waals surface area contributed by atoms with E-state index >= 15 is 0 Å². The van der Waals surface area contributed by atoms with Gasteiger partial charge in [0, 0.05) is 18.2 Å². The number of nitrogens with zero attached hydrogens (tertiary/aromatic N) is 1. The van der Waals surface area contributed by atoms with Crippen molar-refractivity contribution in [2.45, 2.75) is 25.3 Å². The molecule has 0 bridgehead atoms. The Balaban J connectivity index is 2.16. The number of rotatable bonds is 6. The summed E-state index contributed by atoms with van der Waals surface area (Å²) in [5, 5.41) is 0. The van der Waals surface area contributed by atoms with Gasteiger partial charge in [0.1, 0.15) is 0 Å². The number of benzene rings is 1. The summed E-state index contributed by atoms with van der Waals surface area (Å²) >= 11 is 0. The third kappa shape index (κ3) is 3.23. The van der Waals surface area contributed by atoms with Crippen LogP contribution in [0.3, 0.4) is 0 Å². The van der Waals surface area contributed by atoms with Crippen LogP contribution in [0, 0.1) is 5.82 Å². The summed E-state index contributed by atoms with van der Waals surface area (Å²) in [4.78, 5) is 14.3. The molecule has 0 aliphatic heterocycles. The monoisotopic (exact) mass is 266 g/mol. The zero-order valence-corrected chi connectivity index (χ0v) is 11.1. The topological polar surface area (TPSA) is 55.6 Å². The molecule has 0 atom stereocenters. The summed E-state index contributed by atoms with van der Waals surface area (Å²) in [5.41, 5.74) is 5.95. The molecule has 19 heavy (non-hydrogen) atoms. The third-order valence-electron chi connectivity index (χ3n) is 3.25. The van der Waals surface area contributed by atoms with Gasteiger partial charge in [-0.05, 0) is 44.0 Å². The highest BCUT2D eigenvalue weighted by Gasteiger charge is 2.32. The molecule has 0 saturated heterocycles. The number of hydrogen-bond acceptors (Lipinski definition) is 3. The van der Waals surface area contributed by atoms with Gasteiger partial charge in [0.25, 0.3) is 5.91 Å². The van der Waals surface area contributed by atoms with Crippen LogP contribution in [-0.4, -0.2) is 37.0 Å². The Kier molecular flexibility index (Phi) is 4.37. The summed E-state index contributed by atoms with van der Waals surface area (Å²) in [6.45, 7) is 1.21. The van der Waals surface area contributed by atoms with Crippen LogP contribution in [0.2, 0.25) is 0 Å². The molecule has 1 aliphatic rings. The van der Waals surface area contributed by atoms with Gasteiger partial charge >= 0.3 is 0 Å². The van der Waals surface area contributed by atoms with Crippen molar-refractivity contribution >= 4 is 5.91 Å². The number of hydrogen-bond donors (Lipinski definition) is 1. The molecule has 5 heteroatoms. The first-order valence-electron chi connectivity index (χ1n) is 6.52. The minimum absolute atomic E-state index is 0.0748. The maximum atomic E-state index is 13.3. The van der Waals surface area contributed by atoms with E-state index in [1.54, 1.807) is 0 Å². The van der Waals surface area contributed by atoms with Gasteiger partial charge in [0.15, 0.2) is 11.6 Å². The first-order valence-corrected chi connectivity index (χ1v) is 6.52. The number of carbonyl (C=O) groups is 1. The van der Waals surface area contributed by atoms with Crippen LogP contribution in [0.15, 0.2) is 18.2 Å². The van der Waals surface area contributed by atoms with Gasteiger partial charge in [0.05, 0.1) is 7.11 Å². The van der Waals surface area contributed by atoms with Crippen molar-refractivity contribution in [2.75, 3.05) is 20.2 Å². The molecule has 1 aliphatic carbocycles. The number of ether oxygens (including phenoxy) is 1. The molecule has 1 saturated carbocycles. The second-order valence-corrected chi connectivity index (χ2v) is 4.72. The second kappa shape index (κ2) is 6.02.